The van der Waals surface area contributed by atoms with Crippen molar-refractivity contribution in [1.29, 1.82) is 0 Å². The molecule has 1 aliphatic rings. The van der Waals surface area contributed by atoms with Crippen LogP contribution in [0.1, 0.15) is 18.4 Å². The number of fused-ring (bicyclic) bond motifs is 1. The number of aryl methyl sites for hydroxylation is 1. The summed E-state index contributed by atoms with van der Waals surface area (Å²) >= 11 is 0. The zero-order valence-electron chi connectivity index (χ0n) is 10.9. The van der Waals surface area contributed by atoms with Crippen molar-refractivity contribution in [2.45, 2.75) is 19.3 Å². The minimum Gasteiger partial charge on any atom is -0.493 e. The van der Waals surface area contributed by atoms with Gasteiger partial charge in [-0.2, -0.15) is 0 Å². The van der Waals surface area contributed by atoms with Gasteiger partial charge in [0.05, 0.1) is 14.2 Å². The van der Waals surface area contributed by atoms with Gasteiger partial charge in [-0.25, -0.2) is 0 Å². The van der Waals surface area contributed by atoms with Crippen molar-refractivity contribution in [2.24, 2.45) is 0 Å². The molecule has 0 saturated carbocycles. The van der Waals surface area contributed by atoms with Crippen molar-refractivity contribution >= 4 is 5.97 Å². The number of aliphatic carboxylic acids is 1. The highest BCUT2D eigenvalue weighted by Gasteiger charge is 2.26. The molecule has 0 radical (unpaired) electrons. The molecule has 1 heterocycles. The number of hydrogen-bond donors (Lipinski definition) is 1. The molecule has 0 amide bonds. The Bertz CT molecular complexity index is 483. The van der Waals surface area contributed by atoms with Crippen LogP contribution in [0.5, 0.6) is 23.0 Å². The van der Waals surface area contributed by atoms with E-state index >= 15 is 0 Å². The molecular formula is C13H16O6. The monoisotopic (exact) mass is 268 g/mol. The molecule has 0 aliphatic carbocycles. The first-order chi connectivity index (χ1) is 9.17. The van der Waals surface area contributed by atoms with Crippen LogP contribution in [-0.4, -0.2) is 32.1 Å². The smallest absolute Gasteiger partial charge is 0.303 e. The Morgan fingerprint density at radius 2 is 2.05 bits per heavy atom. The van der Waals surface area contributed by atoms with Gasteiger partial charge in [0, 0.05) is 12.0 Å². The molecule has 6 nitrogen and oxygen atoms in total. The number of ether oxygens (including phenoxy) is 4. The van der Waals surface area contributed by atoms with Gasteiger partial charge < -0.3 is 24.1 Å². The fourth-order valence-corrected chi connectivity index (χ4v) is 2.06. The van der Waals surface area contributed by atoms with E-state index in [9.17, 15) is 4.79 Å². The molecule has 19 heavy (non-hydrogen) atoms. The van der Waals surface area contributed by atoms with Crippen LogP contribution in [-0.2, 0) is 11.2 Å². The van der Waals surface area contributed by atoms with Crippen molar-refractivity contribution in [3.8, 4) is 23.0 Å². The molecule has 0 unspecified atom stereocenters. The summed E-state index contributed by atoms with van der Waals surface area (Å²) < 4.78 is 21.3. The average Bonchev–Trinajstić information content (AvgIpc) is 2.86. The summed E-state index contributed by atoms with van der Waals surface area (Å²) in [6.45, 7) is 0.126. The Labute approximate surface area is 110 Å². The topological polar surface area (TPSA) is 74.2 Å². The zero-order chi connectivity index (χ0) is 13.8. The second kappa shape index (κ2) is 5.69. The molecule has 1 aromatic rings. The quantitative estimate of drug-likeness (QED) is 0.848. The van der Waals surface area contributed by atoms with Gasteiger partial charge in [0.1, 0.15) is 0 Å². The Hall–Kier alpha value is -2.11. The Balaban J connectivity index is 2.29. The molecule has 0 saturated heterocycles. The van der Waals surface area contributed by atoms with E-state index in [2.05, 4.69) is 0 Å². The Kier molecular flexibility index (Phi) is 3.99. The molecule has 104 valence electrons. The van der Waals surface area contributed by atoms with Gasteiger partial charge in [-0.05, 0) is 18.9 Å². The lowest BCUT2D eigenvalue weighted by molar-refractivity contribution is -0.137. The Morgan fingerprint density at radius 1 is 1.32 bits per heavy atom. The summed E-state index contributed by atoms with van der Waals surface area (Å²) in [5.74, 6) is 1.39. The predicted molar refractivity (Wildman–Crippen MR) is 66.2 cm³/mol. The molecule has 1 aromatic carbocycles. The van der Waals surface area contributed by atoms with Gasteiger partial charge in [0.15, 0.2) is 11.5 Å². The van der Waals surface area contributed by atoms with Gasteiger partial charge >= 0.3 is 5.97 Å². The summed E-state index contributed by atoms with van der Waals surface area (Å²) in [7, 11) is 3.09. The number of carboxylic acid groups (broad SMARTS) is 1. The van der Waals surface area contributed by atoms with Crippen molar-refractivity contribution in [1.82, 2.24) is 0 Å². The Morgan fingerprint density at radius 3 is 2.68 bits per heavy atom. The normalized spacial score (nSPS) is 12.3. The van der Waals surface area contributed by atoms with Crippen molar-refractivity contribution in [3.63, 3.8) is 0 Å². The SMILES string of the molecule is COc1cc(CCCC(=O)O)c(OC)c2c1OCO2. The first-order valence-electron chi connectivity index (χ1n) is 5.92. The van der Waals surface area contributed by atoms with Crippen LogP contribution in [0.4, 0.5) is 0 Å². The maximum absolute atomic E-state index is 10.6. The number of carboxylic acids is 1. The molecule has 2 rings (SSSR count). The van der Waals surface area contributed by atoms with Gasteiger partial charge in [-0.3, -0.25) is 4.79 Å². The van der Waals surface area contributed by atoms with Crippen molar-refractivity contribution in [3.05, 3.63) is 11.6 Å². The minimum atomic E-state index is -0.813. The fraction of sp³-hybridized carbons (Fsp3) is 0.462. The van der Waals surface area contributed by atoms with Gasteiger partial charge in [-0.15, -0.1) is 0 Å². The summed E-state index contributed by atoms with van der Waals surface area (Å²) in [6, 6.07) is 1.80. The number of hydrogen-bond acceptors (Lipinski definition) is 5. The minimum absolute atomic E-state index is 0.111. The van der Waals surface area contributed by atoms with Crippen LogP contribution in [0.15, 0.2) is 6.07 Å². The number of rotatable bonds is 6. The van der Waals surface area contributed by atoms with Crippen molar-refractivity contribution < 1.29 is 28.8 Å². The van der Waals surface area contributed by atoms with Crippen LogP contribution >= 0.6 is 0 Å². The molecule has 0 atom stereocenters. The molecule has 1 N–H and O–H groups in total. The molecule has 6 heteroatoms. The second-order valence-corrected chi connectivity index (χ2v) is 4.08. The van der Waals surface area contributed by atoms with E-state index in [1.807, 2.05) is 0 Å². The molecule has 0 aromatic heterocycles. The third-order valence-electron chi connectivity index (χ3n) is 2.90. The van der Waals surface area contributed by atoms with Crippen LogP contribution in [0.25, 0.3) is 0 Å². The average molecular weight is 268 g/mol. The van der Waals surface area contributed by atoms with E-state index in [1.165, 1.54) is 0 Å². The van der Waals surface area contributed by atoms with E-state index in [0.29, 0.717) is 35.8 Å². The van der Waals surface area contributed by atoms with Crippen molar-refractivity contribution in [2.75, 3.05) is 21.0 Å². The fourth-order valence-electron chi connectivity index (χ4n) is 2.06. The van der Waals surface area contributed by atoms with Gasteiger partial charge in [0.25, 0.3) is 0 Å². The number of benzene rings is 1. The van der Waals surface area contributed by atoms with Crippen LogP contribution in [0, 0.1) is 0 Å². The van der Waals surface area contributed by atoms with E-state index in [4.69, 9.17) is 24.1 Å². The molecule has 1 aliphatic heterocycles. The maximum atomic E-state index is 10.6. The predicted octanol–water partition coefficient (Wildman–Crippen LogP) is 1.84. The molecule has 0 fully saturated rings. The van der Waals surface area contributed by atoms with E-state index in [-0.39, 0.29) is 13.2 Å². The summed E-state index contributed by atoms with van der Waals surface area (Å²) in [6.07, 6.45) is 1.21. The highest BCUT2D eigenvalue weighted by molar-refractivity contribution is 5.67. The standard InChI is InChI=1S/C13H16O6/c1-16-9-6-8(4-3-5-10(14)15)11(17-2)13-12(9)18-7-19-13/h6H,3-5,7H2,1-2H3,(H,14,15). The second-order valence-electron chi connectivity index (χ2n) is 4.08. The third kappa shape index (κ3) is 2.67. The number of carbonyl (C=O) groups is 1. The van der Waals surface area contributed by atoms with E-state index < -0.39 is 5.97 Å². The molecule has 0 spiro atoms. The van der Waals surface area contributed by atoms with Gasteiger partial charge in [0.2, 0.25) is 18.3 Å². The third-order valence-corrected chi connectivity index (χ3v) is 2.90. The van der Waals surface area contributed by atoms with Crippen LogP contribution in [0.3, 0.4) is 0 Å². The van der Waals surface area contributed by atoms with Gasteiger partial charge in [-0.1, -0.05) is 0 Å². The summed E-state index contributed by atoms with van der Waals surface area (Å²) in [5.41, 5.74) is 0.852. The van der Waals surface area contributed by atoms with E-state index in [0.717, 1.165) is 5.56 Å². The summed E-state index contributed by atoms with van der Waals surface area (Å²) in [5, 5.41) is 8.67. The first-order valence-corrected chi connectivity index (χ1v) is 5.92. The van der Waals surface area contributed by atoms with Crippen LogP contribution < -0.4 is 18.9 Å². The van der Waals surface area contributed by atoms with Crippen LogP contribution in [0.2, 0.25) is 0 Å². The lowest BCUT2D eigenvalue weighted by Crippen LogP contribution is -1.99. The largest absolute Gasteiger partial charge is 0.493 e. The first kappa shape index (κ1) is 13.3. The molecular weight excluding hydrogens is 252 g/mol. The lowest BCUT2D eigenvalue weighted by atomic mass is 10.1. The maximum Gasteiger partial charge on any atom is 0.303 e. The summed E-state index contributed by atoms with van der Waals surface area (Å²) in [4.78, 5) is 10.6. The highest BCUT2D eigenvalue weighted by Crippen LogP contribution is 2.49. The lowest BCUT2D eigenvalue weighted by Gasteiger charge is -2.13. The number of methoxy groups -OCH3 is 2. The zero-order valence-corrected chi connectivity index (χ0v) is 10.9. The molecule has 0 bridgehead atoms. The highest BCUT2D eigenvalue weighted by atomic mass is 16.7. The van der Waals surface area contributed by atoms with E-state index in [1.54, 1.807) is 20.3 Å².